The van der Waals surface area contributed by atoms with Crippen molar-refractivity contribution < 1.29 is 9.59 Å². The minimum Gasteiger partial charge on any atom is -0.397 e. The standard InChI is InChI=1S/C10H14N2O2S/c1-3-5(2)8(13)9-7(10(12)14)6(11)4-15-9/h4-5H,3,11H2,1-2H3,(H2,12,14). The normalized spacial score (nSPS) is 12.4. The van der Waals surface area contributed by atoms with E-state index in [1.165, 1.54) is 11.3 Å². The molecule has 0 spiro atoms. The third kappa shape index (κ3) is 2.18. The fourth-order valence-electron chi connectivity index (χ4n) is 1.22. The first-order chi connectivity index (χ1) is 6.99. The van der Waals surface area contributed by atoms with Crippen LogP contribution >= 0.6 is 11.3 Å². The van der Waals surface area contributed by atoms with Crippen molar-refractivity contribution in [3.63, 3.8) is 0 Å². The second kappa shape index (κ2) is 4.44. The molecule has 1 aromatic rings. The Hall–Kier alpha value is -1.36. The monoisotopic (exact) mass is 226 g/mol. The number of hydrogen-bond acceptors (Lipinski definition) is 4. The Balaban J connectivity index is 3.15. The van der Waals surface area contributed by atoms with E-state index in [4.69, 9.17) is 11.5 Å². The van der Waals surface area contributed by atoms with E-state index < -0.39 is 5.91 Å². The molecule has 1 aromatic heterocycles. The van der Waals surface area contributed by atoms with Gasteiger partial charge in [-0.05, 0) is 6.42 Å². The van der Waals surface area contributed by atoms with E-state index in [1.54, 1.807) is 5.38 Å². The minimum atomic E-state index is -0.639. The number of thiophene rings is 1. The number of anilines is 1. The van der Waals surface area contributed by atoms with Gasteiger partial charge >= 0.3 is 0 Å². The lowest BCUT2D eigenvalue weighted by Gasteiger charge is -2.06. The highest BCUT2D eigenvalue weighted by Gasteiger charge is 2.23. The summed E-state index contributed by atoms with van der Waals surface area (Å²) < 4.78 is 0. The summed E-state index contributed by atoms with van der Waals surface area (Å²) in [6, 6.07) is 0. The van der Waals surface area contributed by atoms with Gasteiger partial charge in [0, 0.05) is 11.3 Å². The average molecular weight is 226 g/mol. The second-order valence-corrected chi connectivity index (χ2v) is 4.31. The van der Waals surface area contributed by atoms with Gasteiger partial charge in [0.05, 0.1) is 16.1 Å². The molecule has 0 radical (unpaired) electrons. The van der Waals surface area contributed by atoms with Gasteiger partial charge in [-0.3, -0.25) is 9.59 Å². The van der Waals surface area contributed by atoms with Crippen molar-refractivity contribution in [1.29, 1.82) is 0 Å². The summed E-state index contributed by atoms with van der Waals surface area (Å²) in [7, 11) is 0. The summed E-state index contributed by atoms with van der Waals surface area (Å²) in [5.74, 6) is -0.811. The van der Waals surface area contributed by atoms with Crippen molar-refractivity contribution in [2.75, 3.05) is 5.73 Å². The number of amides is 1. The number of rotatable bonds is 4. The number of carbonyl (C=O) groups is 2. The van der Waals surface area contributed by atoms with Crippen molar-refractivity contribution in [2.24, 2.45) is 11.7 Å². The largest absolute Gasteiger partial charge is 0.397 e. The molecule has 1 unspecified atom stereocenters. The molecule has 0 aromatic carbocycles. The molecular weight excluding hydrogens is 212 g/mol. The summed E-state index contributed by atoms with van der Waals surface area (Å²) in [5.41, 5.74) is 11.2. The van der Waals surface area contributed by atoms with Crippen LogP contribution in [0.2, 0.25) is 0 Å². The lowest BCUT2D eigenvalue weighted by molar-refractivity contribution is 0.0919. The molecule has 1 atom stereocenters. The van der Waals surface area contributed by atoms with Crippen LogP contribution in [0.1, 0.15) is 40.3 Å². The molecular formula is C10H14N2O2S. The van der Waals surface area contributed by atoms with Crippen molar-refractivity contribution in [3.05, 3.63) is 15.8 Å². The SMILES string of the molecule is CCC(C)C(=O)c1scc(N)c1C(N)=O. The zero-order valence-corrected chi connectivity index (χ0v) is 9.56. The van der Waals surface area contributed by atoms with Gasteiger partial charge in [-0.25, -0.2) is 0 Å². The van der Waals surface area contributed by atoms with Crippen LogP contribution < -0.4 is 11.5 Å². The molecule has 0 saturated heterocycles. The first-order valence-electron chi connectivity index (χ1n) is 4.70. The molecule has 1 amide bonds. The van der Waals surface area contributed by atoms with Crippen LogP contribution in [0.5, 0.6) is 0 Å². The van der Waals surface area contributed by atoms with E-state index in [2.05, 4.69) is 0 Å². The number of Topliss-reactive ketones (excluding diaryl/α,β-unsaturated/α-hetero) is 1. The van der Waals surface area contributed by atoms with Crippen LogP contribution in [-0.4, -0.2) is 11.7 Å². The summed E-state index contributed by atoms with van der Waals surface area (Å²) in [4.78, 5) is 23.4. The lowest BCUT2D eigenvalue weighted by atomic mass is 10.00. The third-order valence-corrected chi connectivity index (χ3v) is 3.36. The maximum atomic E-state index is 11.9. The third-order valence-electron chi connectivity index (χ3n) is 2.35. The highest BCUT2D eigenvalue weighted by molar-refractivity contribution is 7.13. The van der Waals surface area contributed by atoms with Crippen molar-refractivity contribution in [1.82, 2.24) is 0 Å². The van der Waals surface area contributed by atoms with Crippen LogP contribution in [0.15, 0.2) is 5.38 Å². The molecule has 0 fully saturated rings. The Morgan fingerprint density at radius 1 is 1.53 bits per heavy atom. The van der Waals surface area contributed by atoms with Crippen molar-refractivity contribution in [3.8, 4) is 0 Å². The Labute approximate surface area is 92.3 Å². The molecule has 0 saturated carbocycles. The van der Waals surface area contributed by atoms with Crippen LogP contribution in [-0.2, 0) is 0 Å². The number of ketones is 1. The smallest absolute Gasteiger partial charge is 0.252 e. The Morgan fingerprint density at radius 2 is 2.13 bits per heavy atom. The van der Waals surface area contributed by atoms with Crippen molar-refractivity contribution in [2.45, 2.75) is 20.3 Å². The van der Waals surface area contributed by atoms with E-state index in [1.807, 2.05) is 13.8 Å². The summed E-state index contributed by atoms with van der Waals surface area (Å²) >= 11 is 1.18. The predicted octanol–water partition coefficient (Wildman–Crippen LogP) is 1.66. The Bertz CT molecular complexity index is 398. The molecule has 15 heavy (non-hydrogen) atoms. The van der Waals surface area contributed by atoms with Crippen LogP contribution in [0.25, 0.3) is 0 Å². The highest BCUT2D eigenvalue weighted by atomic mass is 32.1. The first-order valence-corrected chi connectivity index (χ1v) is 5.58. The van der Waals surface area contributed by atoms with Gasteiger partial charge in [-0.15, -0.1) is 11.3 Å². The Kier molecular flexibility index (Phi) is 3.47. The fraction of sp³-hybridized carbons (Fsp3) is 0.400. The van der Waals surface area contributed by atoms with Gasteiger partial charge in [0.15, 0.2) is 5.78 Å². The quantitative estimate of drug-likeness (QED) is 0.765. The molecule has 1 rings (SSSR count). The number of nitrogen functional groups attached to an aromatic ring is 1. The van der Waals surface area contributed by atoms with Crippen LogP contribution in [0.4, 0.5) is 5.69 Å². The summed E-state index contributed by atoms with van der Waals surface area (Å²) in [5, 5.41) is 1.58. The molecule has 0 aliphatic carbocycles. The fourth-order valence-corrected chi connectivity index (χ4v) is 2.23. The average Bonchev–Trinajstić information content (AvgIpc) is 2.57. The van der Waals surface area contributed by atoms with E-state index in [-0.39, 0.29) is 17.3 Å². The van der Waals surface area contributed by atoms with Crippen LogP contribution in [0.3, 0.4) is 0 Å². The second-order valence-electron chi connectivity index (χ2n) is 3.43. The van der Waals surface area contributed by atoms with Gasteiger partial charge < -0.3 is 11.5 Å². The predicted molar refractivity (Wildman–Crippen MR) is 61.0 cm³/mol. The van der Waals surface area contributed by atoms with Gasteiger partial charge in [-0.1, -0.05) is 13.8 Å². The molecule has 1 heterocycles. The van der Waals surface area contributed by atoms with Gasteiger partial charge in [0.25, 0.3) is 5.91 Å². The molecule has 0 bridgehead atoms. The van der Waals surface area contributed by atoms with Gasteiger partial charge in [0.2, 0.25) is 0 Å². The first kappa shape index (κ1) is 11.7. The molecule has 5 heteroatoms. The topological polar surface area (TPSA) is 86.2 Å². The Morgan fingerprint density at radius 3 is 2.60 bits per heavy atom. The van der Waals surface area contributed by atoms with E-state index in [0.29, 0.717) is 10.6 Å². The zero-order valence-electron chi connectivity index (χ0n) is 8.74. The van der Waals surface area contributed by atoms with E-state index in [9.17, 15) is 9.59 Å². The van der Waals surface area contributed by atoms with E-state index >= 15 is 0 Å². The molecule has 0 aliphatic heterocycles. The number of nitrogens with two attached hydrogens (primary N) is 2. The number of primary amides is 1. The molecule has 0 aliphatic rings. The van der Waals surface area contributed by atoms with Crippen LogP contribution in [0, 0.1) is 5.92 Å². The number of carbonyl (C=O) groups excluding carboxylic acids is 2. The van der Waals surface area contributed by atoms with Gasteiger partial charge in [-0.2, -0.15) is 0 Å². The maximum Gasteiger partial charge on any atom is 0.252 e. The molecule has 4 N–H and O–H groups in total. The van der Waals surface area contributed by atoms with E-state index in [0.717, 1.165) is 6.42 Å². The van der Waals surface area contributed by atoms with Crippen molar-refractivity contribution >= 4 is 28.7 Å². The lowest BCUT2D eigenvalue weighted by Crippen LogP contribution is -2.18. The molecule has 4 nitrogen and oxygen atoms in total. The van der Waals surface area contributed by atoms with Gasteiger partial charge in [0.1, 0.15) is 0 Å². The maximum absolute atomic E-state index is 11.9. The minimum absolute atomic E-state index is 0.0620. The highest BCUT2D eigenvalue weighted by Crippen LogP contribution is 2.27. The summed E-state index contributed by atoms with van der Waals surface area (Å²) in [6.45, 7) is 3.74. The number of hydrogen-bond donors (Lipinski definition) is 2. The zero-order chi connectivity index (χ0) is 11.6. The molecule has 82 valence electrons. The summed E-state index contributed by atoms with van der Waals surface area (Å²) in [6.07, 6.45) is 0.731.